The Morgan fingerprint density at radius 2 is 2.00 bits per heavy atom. The van der Waals surface area contributed by atoms with E-state index in [0.29, 0.717) is 17.8 Å². The molecule has 0 unspecified atom stereocenters. The van der Waals surface area contributed by atoms with E-state index in [4.69, 9.17) is 5.73 Å². The molecule has 1 aromatic rings. The van der Waals surface area contributed by atoms with Crippen LogP contribution >= 0.6 is 0 Å². The summed E-state index contributed by atoms with van der Waals surface area (Å²) in [6.07, 6.45) is 3.17. The second-order valence-electron chi connectivity index (χ2n) is 4.06. The predicted molar refractivity (Wildman–Crippen MR) is 71.3 cm³/mol. The summed E-state index contributed by atoms with van der Waals surface area (Å²) in [5.74, 6) is -0.853. The van der Waals surface area contributed by atoms with Crippen LogP contribution in [0.5, 0.6) is 0 Å². The van der Waals surface area contributed by atoms with Crippen LogP contribution in [0, 0.1) is 0 Å². The minimum atomic E-state index is -0.567. The van der Waals surface area contributed by atoms with Gasteiger partial charge in [0.15, 0.2) is 0 Å². The lowest BCUT2D eigenvalue weighted by molar-refractivity contribution is -0.111. The molecule has 0 atom stereocenters. The van der Waals surface area contributed by atoms with Gasteiger partial charge in [0.1, 0.15) is 0 Å². The molecule has 0 aliphatic heterocycles. The highest BCUT2D eigenvalue weighted by Gasteiger charge is 2.08. The van der Waals surface area contributed by atoms with Gasteiger partial charge in [0, 0.05) is 12.6 Å². The molecule has 3 N–H and O–H groups in total. The van der Waals surface area contributed by atoms with Crippen LogP contribution in [0.1, 0.15) is 10.4 Å². The van der Waals surface area contributed by atoms with Crippen LogP contribution in [0.4, 0.5) is 5.69 Å². The number of primary amides is 1. The Balaban J connectivity index is 2.70. The molecule has 0 saturated heterocycles. The zero-order valence-electron chi connectivity index (χ0n) is 10.5. The first-order valence-corrected chi connectivity index (χ1v) is 5.52. The summed E-state index contributed by atoms with van der Waals surface area (Å²) in [5, 5.41) is 2.62. The summed E-state index contributed by atoms with van der Waals surface area (Å²) in [4.78, 5) is 24.7. The zero-order valence-corrected chi connectivity index (χ0v) is 10.5. The van der Waals surface area contributed by atoms with E-state index in [1.165, 1.54) is 6.08 Å². The standard InChI is InChI=1S/C13H17N3O2/c1-16(2)9-5-8-12(17)15-11-7-4-3-6-10(11)13(14)18/h3-8H,9H2,1-2H3,(H2,14,18)(H,15,17). The van der Waals surface area contributed by atoms with Gasteiger partial charge in [-0.3, -0.25) is 9.59 Å². The summed E-state index contributed by atoms with van der Waals surface area (Å²) >= 11 is 0. The van der Waals surface area contributed by atoms with Gasteiger partial charge in [0.05, 0.1) is 11.3 Å². The van der Waals surface area contributed by atoms with Crippen molar-refractivity contribution in [3.63, 3.8) is 0 Å². The molecule has 0 bridgehead atoms. The van der Waals surface area contributed by atoms with Crippen molar-refractivity contribution in [2.75, 3.05) is 26.0 Å². The Hall–Kier alpha value is -2.14. The van der Waals surface area contributed by atoms with E-state index in [1.54, 1.807) is 30.3 Å². The molecule has 0 heterocycles. The number of nitrogens with zero attached hydrogens (tertiary/aromatic N) is 1. The molecule has 1 aromatic carbocycles. The normalized spacial score (nSPS) is 10.8. The van der Waals surface area contributed by atoms with E-state index in [0.717, 1.165) is 0 Å². The SMILES string of the molecule is CN(C)CC=CC(=O)Nc1ccccc1C(N)=O. The molecular weight excluding hydrogens is 230 g/mol. The maximum absolute atomic E-state index is 11.6. The molecule has 0 radical (unpaired) electrons. The first-order valence-electron chi connectivity index (χ1n) is 5.52. The maximum Gasteiger partial charge on any atom is 0.250 e. The molecule has 0 fully saturated rings. The second-order valence-corrected chi connectivity index (χ2v) is 4.06. The molecule has 0 aromatic heterocycles. The zero-order chi connectivity index (χ0) is 13.5. The number of amides is 2. The van der Waals surface area contributed by atoms with Crippen molar-refractivity contribution in [1.29, 1.82) is 0 Å². The number of nitrogens with two attached hydrogens (primary N) is 1. The maximum atomic E-state index is 11.6. The van der Waals surface area contributed by atoms with Crippen molar-refractivity contribution in [3.05, 3.63) is 42.0 Å². The van der Waals surface area contributed by atoms with Gasteiger partial charge in [-0.1, -0.05) is 18.2 Å². The Morgan fingerprint density at radius 1 is 1.33 bits per heavy atom. The van der Waals surface area contributed by atoms with Crippen molar-refractivity contribution in [3.8, 4) is 0 Å². The van der Waals surface area contributed by atoms with Crippen molar-refractivity contribution in [1.82, 2.24) is 4.90 Å². The van der Waals surface area contributed by atoms with Gasteiger partial charge in [0.2, 0.25) is 5.91 Å². The number of nitrogens with one attached hydrogen (secondary N) is 1. The first-order chi connectivity index (χ1) is 8.50. The Morgan fingerprint density at radius 3 is 2.61 bits per heavy atom. The molecular formula is C13H17N3O2. The Kier molecular flexibility index (Phi) is 5.07. The Labute approximate surface area is 106 Å². The number of hydrogen-bond acceptors (Lipinski definition) is 3. The van der Waals surface area contributed by atoms with Crippen molar-refractivity contribution < 1.29 is 9.59 Å². The number of carbonyl (C=O) groups excluding carboxylic acids is 2. The van der Waals surface area contributed by atoms with E-state index in [9.17, 15) is 9.59 Å². The van der Waals surface area contributed by atoms with Crippen LogP contribution in [0.15, 0.2) is 36.4 Å². The van der Waals surface area contributed by atoms with Gasteiger partial charge in [-0.15, -0.1) is 0 Å². The molecule has 5 nitrogen and oxygen atoms in total. The lowest BCUT2D eigenvalue weighted by Crippen LogP contribution is -2.17. The van der Waals surface area contributed by atoms with Gasteiger partial charge in [0.25, 0.3) is 5.91 Å². The van der Waals surface area contributed by atoms with Gasteiger partial charge in [-0.25, -0.2) is 0 Å². The van der Waals surface area contributed by atoms with Crippen LogP contribution in [0.3, 0.4) is 0 Å². The highest BCUT2D eigenvalue weighted by molar-refractivity contribution is 6.05. The third-order valence-corrected chi connectivity index (χ3v) is 2.19. The van der Waals surface area contributed by atoms with E-state index in [1.807, 2.05) is 19.0 Å². The fourth-order valence-corrected chi connectivity index (χ4v) is 1.35. The van der Waals surface area contributed by atoms with Gasteiger partial charge >= 0.3 is 0 Å². The minimum Gasteiger partial charge on any atom is -0.366 e. The van der Waals surface area contributed by atoms with Crippen molar-refractivity contribution in [2.45, 2.75) is 0 Å². The van der Waals surface area contributed by atoms with E-state index < -0.39 is 5.91 Å². The van der Waals surface area contributed by atoms with Crippen LogP contribution in [-0.2, 0) is 4.79 Å². The summed E-state index contributed by atoms with van der Waals surface area (Å²) in [7, 11) is 3.81. The molecule has 5 heteroatoms. The van der Waals surface area contributed by atoms with Crippen LogP contribution in [0.25, 0.3) is 0 Å². The molecule has 0 saturated carbocycles. The third-order valence-electron chi connectivity index (χ3n) is 2.19. The molecule has 0 aliphatic rings. The van der Waals surface area contributed by atoms with Crippen LogP contribution < -0.4 is 11.1 Å². The number of carbonyl (C=O) groups is 2. The van der Waals surface area contributed by atoms with Crippen LogP contribution in [0.2, 0.25) is 0 Å². The summed E-state index contributed by atoms with van der Waals surface area (Å²) in [5.41, 5.74) is 5.93. The Bertz CT molecular complexity index is 467. The molecule has 0 aliphatic carbocycles. The van der Waals surface area contributed by atoms with Crippen molar-refractivity contribution in [2.24, 2.45) is 5.73 Å². The number of anilines is 1. The fourth-order valence-electron chi connectivity index (χ4n) is 1.35. The lowest BCUT2D eigenvalue weighted by Gasteiger charge is -2.07. The summed E-state index contributed by atoms with van der Waals surface area (Å²) in [6.45, 7) is 0.672. The first kappa shape index (κ1) is 13.9. The topological polar surface area (TPSA) is 75.4 Å². The van der Waals surface area contributed by atoms with E-state index in [-0.39, 0.29) is 5.91 Å². The van der Waals surface area contributed by atoms with Gasteiger partial charge in [-0.05, 0) is 26.2 Å². The highest BCUT2D eigenvalue weighted by Crippen LogP contribution is 2.13. The average molecular weight is 247 g/mol. The number of para-hydroxylation sites is 1. The molecule has 2 amide bonds. The quantitative estimate of drug-likeness (QED) is 0.757. The molecule has 0 spiro atoms. The molecule has 1 rings (SSSR count). The third kappa shape index (κ3) is 4.39. The second kappa shape index (κ2) is 6.56. The van der Waals surface area contributed by atoms with E-state index in [2.05, 4.69) is 5.32 Å². The van der Waals surface area contributed by atoms with Crippen molar-refractivity contribution >= 4 is 17.5 Å². The van der Waals surface area contributed by atoms with Gasteiger partial charge < -0.3 is 16.0 Å². The van der Waals surface area contributed by atoms with Gasteiger partial charge in [-0.2, -0.15) is 0 Å². The number of hydrogen-bond donors (Lipinski definition) is 2. The number of benzene rings is 1. The highest BCUT2D eigenvalue weighted by atomic mass is 16.2. The monoisotopic (exact) mass is 247 g/mol. The largest absolute Gasteiger partial charge is 0.366 e. The predicted octanol–water partition coefficient (Wildman–Crippen LogP) is 0.842. The molecule has 18 heavy (non-hydrogen) atoms. The lowest BCUT2D eigenvalue weighted by atomic mass is 10.1. The smallest absolute Gasteiger partial charge is 0.250 e. The number of likely N-dealkylation sites (N-methyl/N-ethyl adjacent to an activating group) is 1. The summed E-state index contributed by atoms with van der Waals surface area (Å²) in [6, 6.07) is 6.63. The summed E-state index contributed by atoms with van der Waals surface area (Å²) < 4.78 is 0. The minimum absolute atomic E-state index is 0.287. The molecule has 96 valence electrons. The number of rotatable bonds is 5. The average Bonchev–Trinajstić information content (AvgIpc) is 2.28. The van der Waals surface area contributed by atoms with E-state index >= 15 is 0 Å². The van der Waals surface area contributed by atoms with Crippen LogP contribution in [-0.4, -0.2) is 37.4 Å². The fraction of sp³-hybridized carbons (Fsp3) is 0.231.